The van der Waals surface area contributed by atoms with E-state index in [1.54, 1.807) is 0 Å². The number of rotatable bonds is 0. The summed E-state index contributed by atoms with van der Waals surface area (Å²) >= 11 is 0. The summed E-state index contributed by atoms with van der Waals surface area (Å²) in [5.41, 5.74) is 2.14. The molecular weight excluding hydrogens is 196 g/mol. The van der Waals surface area contributed by atoms with Gasteiger partial charge in [-0.1, -0.05) is 48.6 Å². The molecule has 0 bridgehead atoms. The average Bonchev–Trinajstić information content (AvgIpc) is 2.45. The number of hydrogen-bond acceptors (Lipinski definition) is 1. The van der Waals surface area contributed by atoms with Gasteiger partial charge in [-0.15, -0.1) is 0 Å². The van der Waals surface area contributed by atoms with Crippen molar-refractivity contribution in [2.75, 3.05) is 0 Å². The molecule has 16 heavy (non-hydrogen) atoms. The van der Waals surface area contributed by atoms with E-state index in [0.29, 0.717) is 24.0 Å². The van der Waals surface area contributed by atoms with Crippen LogP contribution in [0.4, 0.5) is 0 Å². The normalized spacial score (nSPS) is 27.1. The Balaban J connectivity index is 2.04. The summed E-state index contributed by atoms with van der Waals surface area (Å²) in [5.74, 6) is 1.19. The molecule has 0 spiro atoms. The zero-order chi connectivity index (χ0) is 11.0. The molecule has 0 aliphatic heterocycles. The highest BCUT2D eigenvalue weighted by atomic mass is 16.1. The fourth-order valence-electron chi connectivity index (χ4n) is 2.69. The Morgan fingerprint density at radius 1 is 0.938 bits per heavy atom. The van der Waals surface area contributed by atoms with E-state index in [1.807, 2.05) is 18.2 Å². The SMILES string of the molecule is O=C1CC2C=CC=CC2Cc2ccccc21. The van der Waals surface area contributed by atoms with Gasteiger partial charge in [0, 0.05) is 12.0 Å². The van der Waals surface area contributed by atoms with Crippen LogP contribution in [-0.2, 0) is 6.42 Å². The quantitative estimate of drug-likeness (QED) is 0.642. The van der Waals surface area contributed by atoms with Gasteiger partial charge in [-0.05, 0) is 23.8 Å². The fourth-order valence-corrected chi connectivity index (χ4v) is 2.69. The molecule has 2 atom stereocenters. The Labute approximate surface area is 95.5 Å². The summed E-state index contributed by atoms with van der Waals surface area (Å²) in [7, 11) is 0. The predicted molar refractivity (Wildman–Crippen MR) is 64.4 cm³/mol. The molecule has 0 aromatic heterocycles. The Hall–Kier alpha value is -1.63. The molecule has 0 saturated heterocycles. The number of Topliss-reactive ketones (excluding diaryl/α,β-unsaturated/α-hetero) is 1. The van der Waals surface area contributed by atoms with Crippen molar-refractivity contribution in [2.24, 2.45) is 11.8 Å². The van der Waals surface area contributed by atoms with Crippen molar-refractivity contribution in [1.82, 2.24) is 0 Å². The summed E-state index contributed by atoms with van der Waals surface area (Å²) in [5, 5.41) is 0. The number of ketones is 1. The van der Waals surface area contributed by atoms with Gasteiger partial charge in [-0.3, -0.25) is 4.79 Å². The van der Waals surface area contributed by atoms with Gasteiger partial charge in [0.1, 0.15) is 0 Å². The average molecular weight is 210 g/mol. The number of allylic oxidation sites excluding steroid dienone is 4. The van der Waals surface area contributed by atoms with E-state index in [0.717, 1.165) is 12.0 Å². The van der Waals surface area contributed by atoms with E-state index in [4.69, 9.17) is 0 Å². The molecule has 2 aliphatic rings. The maximum Gasteiger partial charge on any atom is 0.163 e. The third kappa shape index (κ3) is 1.53. The standard InChI is InChI=1S/C15H14O/c16-15-10-12-6-2-1-5-11(12)9-13-7-3-4-8-14(13)15/h1-8,11-12H,9-10H2. The predicted octanol–water partition coefficient (Wildman–Crippen LogP) is 3.17. The van der Waals surface area contributed by atoms with Crippen LogP contribution in [0.15, 0.2) is 48.6 Å². The molecule has 1 aromatic carbocycles. The highest BCUT2D eigenvalue weighted by Gasteiger charge is 2.27. The van der Waals surface area contributed by atoms with Crippen molar-refractivity contribution < 1.29 is 4.79 Å². The van der Waals surface area contributed by atoms with Crippen LogP contribution in [-0.4, -0.2) is 5.78 Å². The van der Waals surface area contributed by atoms with Gasteiger partial charge in [0.2, 0.25) is 0 Å². The van der Waals surface area contributed by atoms with Gasteiger partial charge in [0.05, 0.1) is 0 Å². The third-order valence-electron chi connectivity index (χ3n) is 3.57. The molecule has 0 fully saturated rings. The number of carbonyl (C=O) groups excluding carboxylic acids is 1. The van der Waals surface area contributed by atoms with Crippen LogP contribution >= 0.6 is 0 Å². The number of carbonyl (C=O) groups is 1. The molecule has 3 rings (SSSR count). The van der Waals surface area contributed by atoms with Crippen molar-refractivity contribution in [3.05, 3.63) is 59.7 Å². The van der Waals surface area contributed by atoms with Crippen molar-refractivity contribution in [1.29, 1.82) is 0 Å². The van der Waals surface area contributed by atoms with Gasteiger partial charge in [0.25, 0.3) is 0 Å². The lowest BCUT2D eigenvalue weighted by atomic mass is 9.84. The summed E-state index contributed by atoms with van der Waals surface area (Å²) in [6.07, 6.45) is 10.2. The van der Waals surface area contributed by atoms with Crippen LogP contribution in [0.1, 0.15) is 22.3 Å². The molecule has 2 aliphatic carbocycles. The van der Waals surface area contributed by atoms with Crippen molar-refractivity contribution in [3.8, 4) is 0 Å². The van der Waals surface area contributed by atoms with E-state index in [1.165, 1.54) is 5.56 Å². The summed E-state index contributed by atoms with van der Waals surface area (Å²) in [4.78, 5) is 12.1. The van der Waals surface area contributed by atoms with E-state index in [2.05, 4.69) is 30.4 Å². The largest absolute Gasteiger partial charge is 0.294 e. The highest BCUT2D eigenvalue weighted by Crippen LogP contribution is 2.32. The van der Waals surface area contributed by atoms with Crippen molar-refractivity contribution >= 4 is 5.78 Å². The maximum atomic E-state index is 12.1. The highest BCUT2D eigenvalue weighted by molar-refractivity contribution is 5.98. The molecule has 1 aromatic rings. The topological polar surface area (TPSA) is 17.1 Å². The first-order valence-electron chi connectivity index (χ1n) is 5.81. The molecule has 1 heteroatoms. The van der Waals surface area contributed by atoms with Gasteiger partial charge >= 0.3 is 0 Å². The minimum Gasteiger partial charge on any atom is -0.294 e. The van der Waals surface area contributed by atoms with E-state index < -0.39 is 0 Å². The first-order chi connectivity index (χ1) is 7.84. The molecule has 0 heterocycles. The Morgan fingerprint density at radius 3 is 2.44 bits per heavy atom. The second-order valence-corrected chi connectivity index (χ2v) is 4.59. The molecule has 1 nitrogen and oxygen atoms in total. The number of fused-ring (bicyclic) bond motifs is 2. The Morgan fingerprint density at radius 2 is 1.62 bits per heavy atom. The molecule has 80 valence electrons. The van der Waals surface area contributed by atoms with Crippen LogP contribution in [0.5, 0.6) is 0 Å². The third-order valence-corrected chi connectivity index (χ3v) is 3.57. The Kier molecular flexibility index (Phi) is 2.24. The zero-order valence-corrected chi connectivity index (χ0v) is 9.10. The van der Waals surface area contributed by atoms with Crippen molar-refractivity contribution in [3.63, 3.8) is 0 Å². The molecule has 0 amide bonds. The molecule has 0 N–H and O–H groups in total. The van der Waals surface area contributed by atoms with Gasteiger partial charge in [-0.2, -0.15) is 0 Å². The van der Waals surface area contributed by atoms with E-state index >= 15 is 0 Å². The molecular formula is C15H14O. The first-order valence-corrected chi connectivity index (χ1v) is 5.81. The van der Waals surface area contributed by atoms with Crippen molar-refractivity contribution in [2.45, 2.75) is 12.8 Å². The van der Waals surface area contributed by atoms with Crippen LogP contribution in [0, 0.1) is 11.8 Å². The molecule has 0 radical (unpaired) electrons. The van der Waals surface area contributed by atoms with Crippen LogP contribution < -0.4 is 0 Å². The fraction of sp³-hybridized carbons (Fsp3) is 0.267. The first kappa shape index (κ1) is 9.59. The summed E-state index contributed by atoms with van der Waals surface area (Å²) in [6.45, 7) is 0. The van der Waals surface area contributed by atoms with Crippen LogP contribution in [0.3, 0.4) is 0 Å². The van der Waals surface area contributed by atoms with E-state index in [9.17, 15) is 4.79 Å². The minimum atomic E-state index is 0.294. The molecule has 0 saturated carbocycles. The lowest BCUT2D eigenvalue weighted by Gasteiger charge is -2.20. The van der Waals surface area contributed by atoms with Gasteiger partial charge < -0.3 is 0 Å². The van der Waals surface area contributed by atoms with Gasteiger partial charge in [-0.25, -0.2) is 0 Å². The Bertz CT molecular complexity index is 482. The second kappa shape index (κ2) is 3.75. The second-order valence-electron chi connectivity index (χ2n) is 4.59. The number of hydrogen-bond donors (Lipinski definition) is 0. The van der Waals surface area contributed by atoms with Crippen LogP contribution in [0.25, 0.3) is 0 Å². The van der Waals surface area contributed by atoms with Gasteiger partial charge in [0.15, 0.2) is 5.78 Å². The maximum absolute atomic E-state index is 12.1. The minimum absolute atomic E-state index is 0.294. The lowest BCUT2D eigenvalue weighted by molar-refractivity contribution is 0.0967. The zero-order valence-electron chi connectivity index (χ0n) is 9.10. The molecule has 2 unspecified atom stereocenters. The monoisotopic (exact) mass is 210 g/mol. The number of benzene rings is 1. The summed E-state index contributed by atoms with van der Waals surface area (Å²) < 4.78 is 0. The van der Waals surface area contributed by atoms with Crippen LogP contribution in [0.2, 0.25) is 0 Å². The van der Waals surface area contributed by atoms with E-state index in [-0.39, 0.29) is 0 Å². The lowest BCUT2D eigenvalue weighted by Crippen LogP contribution is -2.14. The summed E-state index contributed by atoms with van der Waals surface area (Å²) in [6, 6.07) is 8.02. The smallest absolute Gasteiger partial charge is 0.163 e.